The van der Waals surface area contributed by atoms with Gasteiger partial charge in [0.25, 0.3) is 0 Å². The first-order chi connectivity index (χ1) is 12.9. The lowest BCUT2D eigenvalue weighted by atomic mass is 10.1. The molecule has 124 valence electrons. The molecule has 0 N–H and O–H groups in total. The number of nitrogens with zero attached hydrogens (tertiary/aromatic N) is 4. The molecule has 4 nitrogen and oxygen atoms in total. The maximum absolute atomic E-state index is 4.32. The van der Waals surface area contributed by atoms with E-state index in [-0.39, 0.29) is 0 Å². The van der Waals surface area contributed by atoms with Crippen molar-refractivity contribution in [2.45, 2.75) is 0 Å². The summed E-state index contributed by atoms with van der Waals surface area (Å²) in [5.74, 6) is 0. The number of fused-ring (bicyclic) bond motifs is 2. The van der Waals surface area contributed by atoms with Crippen LogP contribution in [0, 0.1) is 0 Å². The monoisotopic (exact) mass is 336 g/mol. The van der Waals surface area contributed by atoms with E-state index in [0.29, 0.717) is 0 Å². The van der Waals surface area contributed by atoms with Crippen LogP contribution in [-0.4, -0.2) is 9.97 Å². The Labute approximate surface area is 152 Å². The van der Waals surface area contributed by atoms with Gasteiger partial charge in [0.05, 0.1) is 34.6 Å². The third-order valence-electron chi connectivity index (χ3n) is 4.55. The van der Waals surface area contributed by atoms with Gasteiger partial charge < -0.3 is 9.80 Å². The number of pyridine rings is 2. The van der Waals surface area contributed by atoms with E-state index >= 15 is 0 Å². The van der Waals surface area contributed by atoms with E-state index in [9.17, 15) is 0 Å². The normalized spacial score (nSPS) is 12.5. The molecule has 0 atom stereocenters. The second kappa shape index (κ2) is 6.01. The molecule has 2 aromatic heterocycles. The van der Waals surface area contributed by atoms with E-state index in [1.807, 2.05) is 36.8 Å². The number of benzene rings is 2. The standard InChI is InChI=1S/C22H16N4/c1-3-9-21-19(7-1)25(17-11-14-23-15-12-17)20-8-2-4-10-22(20)26(21)18-6-5-13-24-16-18/h1-16H. The van der Waals surface area contributed by atoms with Crippen LogP contribution in [0.5, 0.6) is 0 Å². The number of para-hydroxylation sites is 4. The quantitative estimate of drug-likeness (QED) is 0.412. The molecule has 4 heteroatoms. The first-order valence-electron chi connectivity index (χ1n) is 8.52. The molecule has 1 aliphatic heterocycles. The summed E-state index contributed by atoms with van der Waals surface area (Å²) in [7, 11) is 0. The molecule has 5 rings (SSSR count). The zero-order valence-corrected chi connectivity index (χ0v) is 14.0. The van der Waals surface area contributed by atoms with Gasteiger partial charge in [-0.25, -0.2) is 0 Å². The fourth-order valence-corrected chi connectivity index (χ4v) is 3.48. The van der Waals surface area contributed by atoms with Crippen molar-refractivity contribution in [2.24, 2.45) is 0 Å². The van der Waals surface area contributed by atoms with Crippen molar-refractivity contribution < 1.29 is 0 Å². The second-order valence-corrected chi connectivity index (χ2v) is 6.06. The summed E-state index contributed by atoms with van der Waals surface area (Å²) in [5.41, 5.74) is 6.63. The topological polar surface area (TPSA) is 32.3 Å². The molecule has 0 bridgehead atoms. The van der Waals surface area contributed by atoms with Crippen LogP contribution in [0.3, 0.4) is 0 Å². The molecule has 0 aliphatic carbocycles. The zero-order chi connectivity index (χ0) is 17.3. The molecule has 2 aromatic carbocycles. The van der Waals surface area contributed by atoms with Gasteiger partial charge in [0.2, 0.25) is 0 Å². The van der Waals surface area contributed by atoms with Gasteiger partial charge >= 0.3 is 0 Å². The summed E-state index contributed by atoms with van der Waals surface area (Å²) >= 11 is 0. The highest BCUT2D eigenvalue weighted by atomic mass is 15.3. The number of hydrogen-bond donors (Lipinski definition) is 0. The SMILES string of the molecule is c1cncc(N2c3ccccc3N(c3ccncc3)c3ccccc32)c1. The van der Waals surface area contributed by atoms with Gasteiger partial charge in [0, 0.05) is 24.3 Å². The van der Waals surface area contributed by atoms with E-state index in [0.717, 1.165) is 34.1 Å². The minimum Gasteiger partial charge on any atom is -0.306 e. The van der Waals surface area contributed by atoms with Crippen LogP contribution < -0.4 is 9.80 Å². The minimum absolute atomic E-state index is 1.04. The van der Waals surface area contributed by atoms with Crippen LogP contribution in [0.25, 0.3) is 0 Å². The molecule has 3 heterocycles. The first-order valence-corrected chi connectivity index (χ1v) is 8.52. The van der Waals surface area contributed by atoms with Crippen molar-refractivity contribution in [1.29, 1.82) is 0 Å². The van der Waals surface area contributed by atoms with Gasteiger partial charge in [-0.05, 0) is 48.5 Å². The average molecular weight is 336 g/mol. The van der Waals surface area contributed by atoms with Crippen molar-refractivity contribution >= 4 is 34.1 Å². The Kier molecular flexibility index (Phi) is 3.39. The summed E-state index contributed by atoms with van der Waals surface area (Å²) in [6.07, 6.45) is 7.35. The zero-order valence-electron chi connectivity index (χ0n) is 14.0. The van der Waals surface area contributed by atoms with Gasteiger partial charge in [-0.1, -0.05) is 24.3 Å². The van der Waals surface area contributed by atoms with Gasteiger partial charge in [-0.15, -0.1) is 0 Å². The second-order valence-electron chi connectivity index (χ2n) is 6.06. The van der Waals surface area contributed by atoms with E-state index < -0.39 is 0 Å². The van der Waals surface area contributed by atoms with Crippen molar-refractivity contribution in [3.05, 3.63) is 97.6 Å². The highest BCUT2D eigenvalue weighted by Gasteiger charge is 2.29. The lowest BCUT2D eigenvalue weighted by Crippen LogP contribution is -2.23. The van der Waals surface area contributed by atoms with E-state index in [1.165, 1.54) is 0 Å². The van der Waals surface area contributed by atoms with Crippen LogP contribution >= 0.6 is 0 Å². The molecule has 0 amide bonds. The Hall–Kier alpha value is -3.66. The van der Waals surface area contributed by atoms with Crippen LogP contribution in [-0.2, 0) is 0 Å². The Morgan fingerprint density at radius 2 is 1.00 bits per heavy atom. The Morgan fingerprint density at radius 3 is 1.50 bits per heavy atom. The minimum atomic E-state index is 1.04. The predicted octanol–water partition coefficient (Wildman–Crippen LogP) is 5.73. The largest absolute Gasteiger partial charge is 0.306 e. The molecule has 0 saturated carbocycles. The maximum Gasteiger partial charge on any atom is 0.0704 e. The van der Waals surface area contributed by atoms with E-state index in [4.69, 9.17) is 0 Å². The fraction of sp³-hybridized carbons (Fsp3) is 0. The molecule has 4 aromatic rings. The molecule has 0 spiro atoms. The average Bonchev–Trinajstić information content (AvgIpc) is 2.73. The Balaban J connectivity index is 1.80. The lowest BCUT2D eigenvalue weighted by molar-refractivity contribution is 1.15. The number of anilines is 6. The summed E-state index contributed by atoms with van der Waals surface area (Å²) in [6.45, 7) is 0. The fourth-order valence-electron chi connectivity index (χ4n) is 3.48. The smallest absolute Gasteiger partial charge is 0.0704 e. The highest BCUT2D eigenvalue weighted by molar-refractivity contribution is 6.01. The number of hydrogen-bond acceptors (Lipinski definition) is 4. The highest BCUT2D eigenvalue weighted by Crippen LogP contribution is 2.53. The first kappa shape index (κ1) is 14.7. The maximum atomic E-state index is 4.32. The van der Waals surface area contributed by atoms with Crippen molar-refractivity contribution in [3.8, 4) is 0 Å². The van der Waals surface area contributed by atoms with Gasteiger partial charge in [-0.2, -0.15) is 0 Å². The van der Waals surface area contributed by atoms with Crippen LogP contribution in [0.4, 0.5) is 34.1 Å². The molecule has 0 unspecified atom stereocenters. The Bertz CT molecular complexity index is 915. The van der Waals surface area contributed by atoms with E-state index in [2.05, 4.69) is 74.4 Å². The summed E-state index contributed by atoms with van der Waals surface area (Å²) in [6, 6.07) is 25.0. The third kappa shape index (κ3) is 2.24. The molecular formula is C22H16N4. The van der Waals surface area contributed by atoms with Gasteiger partial charge in [0.1, 0.15) is 0 Å². The molecule has 1 aliphatic rings. The number of rotatable bonds is 2. The van der Waals surface area contributed by atoms with E-state index in [1.54, 1.807) is 6.20 Å². The van der Waals surface area contributed by atoms with Crippen molar-refractivity contribution in [3.63, 3.8) is 0 Å². The molecule has 0 radical (unpaired) electrons. The molecule has 0 saturated heterocycles. The van der Waals surface area contributed by atoms with Crippen molar-refractivity contribution in [2.75, 3.05) is 9.80 Å². The lowest BCUT2D eigenvalue weighted by Gasteiger charge is -2.40. The van der Waals surface area contributed by atoms with Gasteiger partial charge in [0.15, 0.2) is 0 Å². The summed E-state index contributed by atoms with van der Waals surface area (Å²) in [5, 5.41) is 0. The summed E-state index contributed by atoms with van der Waals surface area (Å²) < 4.78 is 0. The molecule has 26 heavy (non-hydrogen) atoms. The van der Waals surface area contributed by atoms with Crippen LogP contribution in [0.1, 0.15) is 0 Å². The van der Waals surface area contributed by atoms with Crippen LogP contribution in [0.2, 0.25) is 0 Å². The van der Waals surface area contributed by atoms with Crippen LogP contribution in [0.15, 0.2) is 97.6 Å². The Morgan fingerprint density at radius 1 is 0.462 bits per heavy atom. The third-order valence-corrected chi connectivity index (χ3v) is 4.55. The summed E-state index contributed by atoms with van der Waals surface area (Å²) in [4.78, 5) is 13.0. The van der Waals surface area contributed by atoms with Crippen molar-refractivity contribution in [1.82, 2.24) is 9.97 Å². The molecular weight excluding hydrogens is 320 g/mol. The van der Waals surface area contributed by atoms with Gasteiger partial charge in [-0.3, -0.25) is 9.97 Å². The number of aromatic nitrogens is 2. The molecule has 0 fully saturated rings. The predicted molar refractivity (Wildman–Crippen MR) is 105 cm³/mol.